The molecule has 5 rings (SSSR count). The highest BCUT2D eigenvalue weighted by molar-refractivity contribution is 5.90. The lowest BCUT2D eigenvalue weighted by Crippen LogP contribution is -2.60. The van der Waals surface area contributed by atoms with Crippen LogP contribution in [0.2, 0.25) is 0 Å². The van der Waals surface area contributed by atoms with Crippen molar-refractivity contribution < 1.29 is 42.6 Å². The Balaban J connectivity index is 1.19. The number of benzene rings is 3. The van der Waals surface area contributed by atoms with Crippen molar-refractivity contribution in [2.24, 2.45) is 23.7 Å². The molecule has 422 valence electrons. The number of methoxy groups -OCH3 is 2. The van der Waals surface area contributed by atoms with Crippen LogP contribution in [0, 0.1) is 23.7 Å². The summed E-state index contributed by atoms with van der Waals surface area (Å²) in [6.45, 7) is 15.7. The van der Waals surface area contributed by atoms with Gasteiger partial charge in [0, 0.05) is 46.3 Å². The number of amides is 5. The monoisotopic (exact) mass is 1060 g/mol. The van der Waals surface area contributed by atoms with Gasteiger partial charge in [-0.1, -0.05) is 147 Å². The zero-order valence-electron chi connectivity index (χ0n) is 47.6. The normalized spacial score (nSPS) is 16.8. The van der Waals surface area contributed by atoms with Crippen LogP contribution in [0.4, 0.5) is 4.79 Å². The van der Waals surface area contributed by atoms with E-state index in [0.717, 1.165) is 48.8 Å². The first-order valence-corrected chi connectivity index (χ1v) is 27.8. The van der Waals surface area contributed by atoms with E-state index in [0.29, 0.717) is 44.8 Å². The van der Waals surface area contributed by atoms with E-state index in [-0.39, 0.29) is 60.3 Å². The Hall–Kier alpha value is -6.17. The number of hydrogen-bond donors (Lipinski definition) is 3. The minimum Gasteiger partial charge on any atom is -0.445 e. The summed E-state index contributed by atoms with van der Waals surface area (Å²) in [6.07, 6.45) is 4.24. The molecule has 3 aromatic carbocycles. The highest BCUT2D eigenvalue weighted by Crippen LogP contribution is 2.31. The molecule has 17 heteroatoms. The maximum atomic E-state index is 14.7. The Labute approximate surface area is 457 Å². The number of nitrogens with one attached hydrogen (secondary N) is 3. The number of carbonyl (C=O) groups is 5. The predicted octanol–water partition coefficient (Wildman–Crippen LogP) is 8.64. The second-order valence-corrected chi connectivity index (χ2v) is 21.5. The third-order valence-electron chi connectivity index (χ3n) is 15.1. The van der Waals surface area contributed by atoms with Crippen molar-refractivity contribution in [3.8, 4) is 11.5 Å². The number of likely N-dealkylation sites (tertiary alicyclic amines) is 1. The van der Waals surface area contributed by atoms with Gasteiger partial charge in [-0.3, -0.25) is 24.1 Å². The molecule has 9 unspecified atom stereocenters. The number of aromatic nitrogens is 2. The molecule has 1 aliphatic heterocycles. The lowest BCUT2D eigenvalue weighted by Gasteiger charge is -2.41. The van der Waals surface area contributed by atoms with Gasteiger partial charge in [0.2, 0.25) is 35.4 Å². The quantitative estimate of drug-likeness (QED) is 0.0406. The highest BCUT2D eigenvalue weighted by atomic mass is 16.5. The first kappa shape index (κ1) is 61.7. The van der Waals surface area contributed by atoms with E-state index in [9.17, 15) is 24.0 Å². The standard InChI is InChI=1S/C60H88N8O9/c1-12-42(6)53(67(9)59(72)51(40(2)3)63-56(71)52(41(4)5)66(8)35-25-14-13-24-34-61-60(73)76-39-45-29-20-16-21-30-45)49(74-10)38-50(69)68-36-26-33-48(68)54(75-11)43(7)55(70)62-47(37-44-27-18-15-19-28-44)58-65-64-57(77-58)46-31-22-17-23-32-46/h15-23,27-32,40-43,47-49,51-54H,12-14,24-26,33-39H2,1-11H3,(H,61,73)(H,62,70)(H,63,71). The maximum absolute atomic E-state index is 14.7. The average molecular weight is 1070 g/mol. The molecule has 2 heterocycles. The van der Waals surface area contributed by atoms with Crippen LogP contribution in [-0.2, 0) is 46.4 Å². The van der Waals surface area contributed by atoms with Crippen LogP contribution in [0.15, 0.2) is 95.4 Å². The van der Waals surface area contributed by atoms with Crippen molar-refractivity contribution in [1.29, 1.82) is 0 Å². The molecule has 0 aliphatic carbocycles. The summed E-state index contributed by atoms with van der Waals surface area (Å²) in [4.78, 5) is 75.6. The fourth-order valence-electron chi connectivity index (χ4n) is 10.7. The number of hydrogen-bond acceptors (Lipinski definition) is 12. The van der Waals surface area contributed by atoms with Crippen molar-refractivity contribution in [3.05, 3.63) is 108 Å². The van der Waals surface area contributed by atoms with Gasteiger partial charge < -0.3 is 44.4 Å². The van der Waals surface area contributed by atoms with Crippen LogP contribution in [0.3, 0.4) is 0 Å². The smallest absolute Gasteiger partial charge is 0.407 e. The molecule has 0 bridgehead atoms. The van der Waals surface area contributed by atoms with E-state index >= 15 is 0 Å². The topological polar surface area (TPSA) is 198 Å². The fraction of sp³-hybridized carbons (Fsp3) is 0.583. The van der Waals surface area contributed by atoms with Crippen molar-refractivity contribution in [1.82, 2.24) is 40.8 Å². The van der Waals surface area contributed by atoms with E-state index in [2.05, 4.69) is 38.0 Å². The van der Waals surface area contributed by atoms with E-state index in [4.69, 9.17) is 18.6 Å². The van der Waals surface area contributed by atoms with E-state index in [1.807, 2.05) is 144 Å². The lowest BCUT2D eigenvalue weighted by molar-refractivity contribution is -0.148. The van der Waals surface area contributed by atoms with Gasteiger partial charge in [0.25, 0.3) is 0 Å². The Kier molecular flexibility index (Phi) is 25.1. The molecule has 5 amide bonds. The second kappa shape index (κ2) is 31.3. The molecule has 0 spiro atoms. The van der Waals surface area contributed by atoms with Crippen molar-refractivity contribution in [3.63, 3.8) is 0 Å². The SMILES string of the molecule is CCC(C)C(C(CC(=O)N1CCCC1C(OC)C(C)C(=O)NC(Cc1ccccc1)c1nnc(-c2ccccc2)o1)OC)N(C)C(=O)C(NC(=O)C(C(C)C)N(C)CCCCCCNC(=O)OCc1ccccc1)C(C)C. The largest absolute Gasteiger partial charge is 0.445 e. The van der Waals surface area contributed by atoms with Crippen molar-refractivity contribution in [2.45, 2.75) is 155 Å². The first-order valence-electron chi connectivity index (χ1n) is 27.8. The zero-order valence-corrected chi connectivity index (χ0v) is 47.6. The molecule has 0 saturated carbocycles. The van der Waals surface area contributed by atoms with Gasteiger partial charge in [-0.15, -0.1) is 10.2 Å². The number of carbonyl (C=O) groups excluding carboxylic acids is 5. The van der Waals surface area contributed by atoms with Gasteiger partial charge in [-0.25, -0.2) is 4.79 Å². The number of nitrogens with zero attached hydrogens (tertiary/aromatic N) is 5. The third kappa shape index (κ3) is 17.9. The fourth-order valence-corrected chi connectivity index (χ4v) is 10.7. The van der Waals surface area contributed by atoms with Crippen LogP contribution in [-0.4, -0.2) is 139 Å². The summed E-state index contributed by atoms with van der Waals surface area (Å²) < 4.78 is 23.7. The molecular weight excluding hydrogens is 977 g/mol. The Morgan fingerprint density at radius 3 is 2.01 bits per heavy atom. The number of alkyl carbamates (subject to hydrolysis) is 1. The Morgan fingerprint density at radius 1 is 0.766 bits per heavy atom. The van der Waals surface area contributed by atoms with Crippen molar-refractivity contribution in [2.75, 3.05) is 47.9 Å². The summed E-state index contributed by atoms with van der Waals surface area (Å²) in [7, 11) is 6.84. The molecule has 1 aliphatic rings. The molecule has 1 fully saturated rings. The molecule has 9 atom stereocenters. The molecule has 4 aromatic rings. The molecule has 1 aromatic heterocycles. The summed E-state index contributed by atoms with van der Waals surface area (Å²) in [5, 5.41) is 17.8. The molecule has 77 heavy (non-hydrogen) atoms. The van der Waals surface area contributed by atoms with Gasteiger partial charge in [-0.05, 0) is 80.3 Å². The molecule has 1 saturated heterocycles. The maximum Gasteiger partial charge on any atom is 0.407 e. The number of unbranched alkanes of at least 4 members (excludes halogenated alkanes) is 3. The summed E-state index contributed by atoms with van der Waals surface area (Å²) in [5.74, 6) is -1.29. The molecule has 3 N–H and O–H groups in total. The van der Waals surface area contributed by atoms with Gasteiger partial charge >= 0.3 is 6.09 Å². The van der Waals surface area contributed by atoms with Crippen LogP contribution in [0.5, 0.6) is 0 Å². The number of likely N-dealkylation sites (N-methyl/N-ethyl adjacent to an activating group) is 2. The van der Waals surface area contributed by atoms with Gasteiger partial charge in [-0.2, -0.15) is 0 Å². The first-order chi connectivity index (χ1) is 37.0. The van der Waals surface area contributed by atoms with Crippen LogP contribution in [0.25, 0.3) is 11.5 Å². The van der Waals surface area contributed by atoms with E-state index < -0.39 is 54.4 Å². The third-order valence-corrected chi connectivity index (χ3v) is 15.1. The molecular formula is C60H88N8O9. The Morgan fingerprint density at radius 2 is 1.40 bits per heavy atom. The predicted molar refractivity (Wildman–Crippen MR) is 298 cm³/mol. The van der Waals surface area contributed by atoms with Gasteiger partial charge in [0.1, 0.15) is 18.7 Å². The highest BCUT2D eigenvalue weighted by Gasteiger charge is 2.44. The zero-order chi connectivity index (χ0) is 56.0. The lowest BCUT2D eigenvalue weighted by atomic mass is 9.89. The summed E-state index contributed by atoms with van der Waals surface area (Å²) in [5.41, 5.74) is 2.68. The Bertz CT molecular complexity index is 2410. The average Bonchev–Trinajstić information content (AvgIpc) is 4.13. The van der Waals surface area contributed by atoms with Crippen LogP contribution in [0.1, 0.15) is 123 Å². The van der Waals surface area contributed by atoms with Gasteiger partial charge in [0.05, 0.1) is 42.7 Å². The molecule has 0 radical (unpaired) electrons. The van der Waals surface area contributed by atoms with Gasteiger partial charge in [0.15, 0.2) is 0 Å². The number of rotatable bonds is 31. The number of ether oxygens (including phenoxy) is 3. The summed E-state index contributed by atoms with van der Waals surface area (Å²) >= 11 is 0. The van der Waals surface area contributed by atoms with E-state index in [1.165, 1.54) is 0 Å². The summed E-state index contributed by atoms with van der Waals surface area (Å²) in [6, 6.07) is 26.0. The second-order valence-electron chi connectivity index (χ2n) is 21.5. The van der Waals surface area contributed by atoms with Crippen molar-refractivity contribution >= 4 is 29.7 Å². The van der Waals surface area contributed by atoms with E-state index in [1.54, 1.807) is 26.2 Å². The molecule has 17 nitrogen and oxygen atoms in total. The minimum atomic E-state index is -0.829. The van der Waals surface area contributed by atoms with Crippen LogP contribution >= 0.6 is 0 Å². The van der Waals surface area contributed by atoms with Crippen LogP contribution < -0.4 is 16.0 Å². The minimum absolute atomic E-state index is 0.00652.